The van der Waals surface area contributed by atoms with Crippen LogP contribution in [0.5, 0.6) is 0 Å². The molecule has 1 aliphatic rings. The Morgan fingerprint density at radius 3 is 2.10 bits per heavy atom. The number of alkyl halides is 6. The average molecular weight is 430 g/mol. The maximum absolute atomic E-state index is 13.0. The molecule has 1 saturated heterocycles. The number of benzene rings is 2. The molecular weight excluding hydrogens is 414 g/mol. The second-order valence-corrected chi connectivity index (χ2v) is 6.80. The lowest BCUT2D eigenvalue weighted by atomic mass is 10.0. The molecule has 0 atom stereocenters. The molecule has 0 aliphatic carbocycles. The average Bonchev–Trinajstić information content (AvgIpc) is 2.67. The van der Waals surface area contributed by atoms with Crippen molar-refractivity contribution in [3.8, 4) is 0 Å². The molecule has 30 heavy (non-hydrogen) atoms. The summed E-state index contributed by atoms with van der Waals surface area (Å²) >= 11 is 0. The highest BCUT2D eigenvalue weighted by Crippen LogP contribution is 2.36. The first-order valence-corrected chi connectivity index (χ1v) is 8.96. The molecule has 1 aliphatic heterocycles. The second-order valence-electron chi connectivity index (χ2n) is 6.80. The monoisotopic (exact) mass is 430 g/mol. The van der Waals surface area contributed by atoms with E-state index in [0.717, 1.165) is 12.8 Å². The molecule has 2 aromatic rings. The minimum atomic E-state index is -5.05. The van der Waals surface area contributed by atoms with E-state index in [4.69, 9.17) is 0 Å². The fraction of sp³-hybridized carbons (Fsp3) is 0.300. The van der Waals surface area contributed by atoms with Crippen LogP contribution in [0.3, 0.4) is 0 Å². The van der Waals surface area contributed by atoms with Crippen LogP contribution in [0.25, 0.3) is 0 Å². The van der Waals surface area contributed by atoms with E-state index >= 15 is 0 Å². The van der Waals surface area contributed by atoms with Gasteiger partial charge in [-0.15, -0.1) is 0 Å². The number of anilines is 2. The van der Waals surface area contributed by atoms with Crippen molar-refractivity contribution < 1.29 is 35.9 Å². The Labute approximate surface area is 167 Å². The maximum atomic E-state index is 13.0. The van der Waals surface area contributed by atoms with Gasteiger partial charge in [0.1, 0.15) is 0 Å². The normalized spacial score (nSPS) is 15.3. The summed E-state index contributed by atoms with van der Waals surface area (Å²) in [6.45, 7) is 0.485. The molecule has 0 radical (unpaired) electrons. The van der Waals surface area contributed by atoms with Crippen LogP contribution in [0.1, 0.15) is 40.7 Å². The first-order valence-electron chi connectivity index (χ1n) is 8.96. The number of carbonyl (C=O) groups excluding carboxylic acids is 2. The summed E-state index contributed by atoms with van der Waals surface area (Å²) in [5.41, 5.74) is -3.30. The standard InChI is InChI=1S/C20H16F6N2O2/c21-19(22,23)13-8-12(9-14(10-13)20(24,25)26)18(30)27-15-4-3-5-16(11-15)28-7-2-1-6-17(28)29/h3-5,8-11H,1-2,6-7H2,(H,27,30). The van der Waals surface area contributed by atoms with Gasteiger partial charge in [-0.05, 0) is 49.2 Å². The van der Waals surface area contributed by atoms with Crippen LogP contribution in [0.15, 0.2) is 42.5 Å². The van der Waals surface area contributed by atoms with Crippen molar-refractivity contribution in [2.45, 2.75) is 31.6 Å². The first-order chi connectivity index (χ1) is 13.9. The summed E-state index contributed by atoms with van der Waals surface area (Å²) in [6.07, 6.45) is -8.16. The molecule has 10 heteroatoms. The highest BCUT2D eigenvalue weighted by molar-refractivity contribution is 6.05. The van der Waals surface area contributed by atoms with Crippen LogP contribution in [-0.4, -0.2) is 18.4 Å². The van der Waals surface area contributed by atoms with Crippen molar-refractivity contribution in [3.05, 3.63) is 59.2 Å². The molecule has 1 fully saturated rings. The molecule has 3 rings (SSSR count). The van der Waals surface area contributed by atoms with Gasteiger partial charge >= 0.3 is 12.4 Å². The Bertz CT molecular complexity index is 936. The van der Waals surface area contributed by atoms with Gasteiger partial charge in [0.2, 0.25) is 5.91 Å². The maximum Gasteiger partial charge on any atom is 0.416 e. The van der Waals surface area contributed by atoms with E-state index in [9.17, 15) is 35.9 Å². The Morgan fingerprint density at radius 2 is 1.53 bits per heavy atom. The summed E-state index contributed by atoms with van der Waals surface area (Å²) in [5.74, 6) is -1.23. The van der Waals surface area contributed by atoms with Gasteiger partial charge < -0.3 is 10.2 Å². The van der Waals surface area contributed by atoms with Gasteiger partial charge in [-0.3, -0.25) is 9.59 Å². The summed E-state index contributed by atoms with van der Waals surface area (Å²) in [5, 5.41) is 2.30. The predicted molar refractivity (Wildman–Crippen MR) is 97.0 cm³/mol. The third-order valence-corrected chi connectivity index (χ3v) is 4.59. The Hall–Kier alpha value is -3.04. The molecule has 4 nitrogen and oxygen atoms in total. The van der Waals surface area contributed by atoms with Crippen LogP contribution in [0, 0.1) is 0 Å². The fourth-order valence-electron chi connectivity index (χ4n) is 3.12. The molecular formula is C20H16F6N2O2. The van der Waals surface area contributed by atoms with Crippen LogP contribution in [-0.2, 0) is 17.1 Å². The lowest BCUT2D eigenvalue weighted by molar-refractivity contribution is -0.143. The van der Waals surface area contributed by atoms with E-state index < -0.39 is 35.0 Å². The zero-order valence-corrected chi connectivity index (χ0v) is 15.4. The first kappa shape index (κ1) is 21.7. The lowest BCUT2D eigenvalue weighted by Crippen LogP contribution is -2.35. The van der Waals surface area contributed by atoms with Crippen LogP contribution in [0.2, 0.25) is 0 Å². The van der Waals surface area contributed by atoms with Crippen molar-refractivity contribution in [1.29, 1.82) is 0 Å². The van der Waals surface area contributed by atoms with Crippen LogP contribution in [0.4, 0.5) is 37.7 Å². The largest absolute Gasteiger partial charge is 0.416 e. The Morgan fingerprint density at radius 1 is 0.900 bits per heavy atom. The lowest BCUT2D eigenvalue weighted by Gasteiger charge is -2.27. The van der Waals surface area contributed by atoms with Crippen molar-refractivity contribution >= 4 is 23.2 Å². The molecule has 1 N–H and O–H groups in total. The second kappa shape index (κ2) is 8.00. The summed E-state index contributed by atoms with van der Waals surface area (Å²) in [6, 6.07) is 6.71. The fourth-order valence-corrected chi connectivity index (χ4v) is 3.12. The minimum Gasteiger partial charge on any atom is -0.322 e. The molecule has 0 spiro atoms. The Balaban J connectivity index is 1.89. The molecule has 2 amide bonds. The van der Waals surface area contributed by atoms with Crippen molar-refractivity contribution in [2.24, 2.45) is 0 Å². The number of halogens is 6. The van der Waals surface area contributed by atoms with Gasteiger partial charge in [0, 0.05) is 29.9 Å². The smallest absolute Gasteiger partial charge is 0.322 e. The highest BCUT2D eigenvalue weighted by Gasteiger charge is 2.37. The van der Waals surface area contributed by atoms with Gasteiger partial charge in [-0.2, -0.15) is 26.3 Å². The van der Waals surface area contributed by atoms with Crippen molar-refractivity contribution in [2.75, 3.05) is 16.8 Å². The summed E-state index contributed by atoms with van der Waals surface area (Å²) in [7, 11) is 0. The zero-order valence-electron chi connectivity index (χ0n) is 15.4. The van der Waals surface area contributed by atoms with Gasteiger partial charge in [0.05, 0.1) is 11.1 Å². The number of hydrogen-bond acceptors (Lipinski definition) is 2. The van der Waals surface area contributed by atoms with E-state index in [1.807, 2.05) is 0 Å². The topological polar surface area (TPSA) is 49.4 Å². The van der Waals surface area contributed by atoms with Gasteiger partial charge in [-0.1, -0.05) is 6.07 Å². The number of hydrogen-bond donors (Lipinski definition) is 1. The molecule has 0 unspecified atom stereocenters. The number of rotatable bonds is 3. The summed E-state index contributed by atoms with van der Waals surface area (Å²) < 4.78 is 77.9. The van der Waals surface area contributed by atoms with E-state index in [-0.39, 0.29) is 17.7 Å². The van der Waals surface area contributed by atoms with Crippen LogP contribution < -0.4 is 10.2 Å². The molecule has 1 heterocycles. The van der Waals surface area contributed by atoms with Crippen molar-refractivity contribution in [3.63, 3.8) is 0 Å². The van der Waals surface area contributed by atoms with Gasteiger partial charge in [-0.25, -0.2) is 0 Å². The number of nitrogens with zero attached hydrogens (tertiary/aromatic N) is 1. The summed E-state index contributed by atoms with van der Waals surface area (Å²) in [4.78, 5) is 26.0. The van der Waals surface area contributed by atoms with E-state index in [1.165, 1.54) is 23.1 Å². The van der Waals surface area contributed by atoms with E-state index in [1.54, 1.807) is 6.07 Å². The minimum absolute atomic E-state index is 0.0423. The number of carbonyl (C=O) groups is 2. The number of nitrogens with one attached hydrogen (secondary N) is 1. The molecule has 2 aromatic carbocycles. The van der Waals surface area contributed by atoms with E-state index in [2.05, 4.69) is 5.32 Å². The Kier molecular flexibility index (Phi) is 5.78. The van der Waals surface area contributed by atoms with E-state index in [0.29, 0.717) is 30.8 Å². The molecule has 160 valence electrons. The predicted octanol–water partition coefficient (Wildman–Crippen LogP) is 5.49. The molecule has 0 aromatic heterocycles. The number of piperidine rings is 1. The highest BCUT2D eigenvalue weighted by atomic mass is 19.4. The van der Waals surface area contributed by atoms with Crippen molar-refractivity contribution in [1.82, 2.24) is 0 Å². The molecule has 0 bridgehead atoms. The molecule has 0 saturated carbocycles. The SMILES string of the molecule is O=C(Nc1cccc(N2CCCCC2=O)c1)c1cc(C(F)(F)F)cc(C(F)(F)F)c1. The third-order valence-electron chi connectivity index (χ3n) is 4.59. The third kappa shape index (κ3) is 4.92. The zero-order chi connectivity index (χ0) is 22.1. The van der Waals surface area contributed by atoms with Gasteiger partial charge in [0.25, 0.3) is 5.91 Å². The number of amides is 2. The van der Waals surface area contributed by atoms with Gasteiger partial charge in [0.15, 0.2) is 0 Å². The quantitative estimate of drug-likeness (QED) is 0.655. The van der Waals surface area contributed by atoms with Crippen LogP contribution >= 0.6 is 0 Å².